The number of ketones is 1. The fourth-order valence-corrected chi connectivity index (χ4v) is 3.57. The van der Waals surface area contributed by atoms with Crippen LogP contribution in [0.3, 0.4) is 0 Å². The van der Waals surface area contributed by atoms with Gasteiger partial charge < -0.3 is 9.47 Å². The molecule has 0 bridgehead atoms. The number of carbonyl (C=O) groups excluding carboxylic acids is 1. The lowest BCUT2D eigenvalue weighted by Crippen LogP contribution is -2.00. The van der Waals surface area contributed by atoms with Crippen molar-refractivity contribution >= 4 is 51.0 Å². The van der Waals surface area contributed by atoms with E-state index < -0.39 is 0 Å². The quantitative estimate of drug-likeness (QED) is 0.258. The highest BCUT2D eigenvalue weighted by Crippen LogP contribution is 2.30. The van der Waals surface area contributed by atoms with Gasteiger partial charge in [-0.3, -0.25) is 4.79 Å². The molecule has 29 heavy (non-hydrogen) atoms. The van der Waals surface area contributed by atoms with Crippen molar-refractivity contribution in [1.29, 1.82) is 0 Å². The number of rotatable bonds is 7. The molecule has 0 aliphatic carbocycles. The Kier molecular flexibility index (Phi) is 7.37. The van der Waals surface area contributed by atoms with Gasteiger partial charge in [-0.25, -0.2) is 0 Å². The Bertz CT molecular complexity index is 1050. The number of methoxy groups -OCH3 is 1. The fraction of sp³-hybridized carbons (Fsp3) is 0.0870. The lowest BCUT2D eigenvalue weighted by molar-refractivity contribution is 0.104. The van der Waals surface area contributed by atoms with Crippen molar-refractivity contribution in [3.05, 3.63) is 97.9 Å². The molecular weight excluding hydrogens is 475 g/mol. The van der Waals surface area contributed by atoms with E-state index in [1.165, 1.54) is 6.08 Å². The van der Waals surface area contributed by atoms with Gasteiger partial charge in [-0.2, -0.15) is 0 Å². The summed E-state index contributed by atoms with van der Waals surface area (Å²) in [5, 5.41) is 1.22. The maximum Gasteiger partial charge on any atom is 0.185 e. The number of ether oxygens (including phenoxy) is 2. The van der Waals surface area contributed by atoms with E-state index in [4.69, 9.17) is 32.7 Å². The number of hydrogen-bond donors (Lipinski definition) is 0. The van der Waals surface area contributed by atoms with Crippen LogP contribution in [0.15, 0.2) is 71.2 Å². The third-order valence-corrected chi connectivity index (χ3v) is 5.24. The molecule has 0 atom stereocenters. The number of hydrogen-bond acceptors (Lipinski definition) is 3. The highest BCUT2D eigenvalue weighted by Gasteiger charge is 2.08. The Morgan fingerprint density at radius 2 is 1.66 bits per heavy atom. The second-order valence-electron chi connectivity index (χ2n) is 6.14. The maximum absolute atomic E-state index is 12.3. The molecule has 3 aromatic carbocycles. The van der Waals surface area contributed by atoms with Gasteiger partial charge >= 0.3 is 0 Å². The van der Waals surface area contributed by atoms with E-state index in [1.807, 2.05) is 18.2 Å². The minimum atomic E-state index is -0.0969. The molecule has 0 aromatic heterocycles. The Labute approximate surface area is 188 Å². The van der Waals surface area contributed by atoms with Crippen LogP contribution in [0.4, 0.5) is 0 Å². The summed E-state index contributed by atoms with van der Waals surface area (Å²) >= 11 is 15.3. The lowest BCUT2D eigenvalue weighted by atomic mass is 10.1. The Balaban J connectivity index is 1.75. The van der Waals surface area contributed by atoms with Gasteiger partial charge in [-0.05, 0) is 82.2 Å². The van der Waals surface area contributed by atoms with Crippen molar-refractivity contribution < 1.29 is 14.3 Å². The number of allylic oxidation sites excluding steroid dienone is 1. The van der Waals surface area contributed by atoms with Crippen LogP contribution < -0.4 is 9.47 Å². The average Bonchev–Trinajstić information content (AvgIpc) is 2.72. The SMILES string of the molecule is COc1ccc(/C=C/C(=O)c2ccc(Cl)cc2)cc1COc1ccc(Cl)cc1Br. The van der Waals surface area contributed by atoms with Gasteiger partial charge in [-0.15, -0.1) is 0 Å². The van der Waals surface area contributed by atoms with Crippen LogP contribution in [0.5, 0.6) is 11.5 Å². The number of benzene rings is 3. The van der Waals surface area contributed by atoms with Crippen LogP contribution in [0, 0.1) is 0 Å². The molecule has 0 N–H and O–H groups in total. The predicted octanol–water partition coefficient (Wildman–Crippen LogP) is 7.24. The maximum atomic E-state index is 12.3. The molecule has 0 heterocycles. The van der Waals surface area contributed by atoms with Gasteiger partial charge in [0.05, 0.1) is 11.6 Å². The largest absolute Gasteiger partial charge is 0.496 e. The van der Waals surface area contributed by atoms with Crippen molar-refractivity contribution in [1.82, 2.24) is 0 Å². The van der Waals surface area contributed by atoms with E-state index >= 15 is 0 Å². The average molecular weight is 492 g/mol. The monoisotopic (exact) mass is 490 g/mol. The van der Waals surface area contributed by atoms with Crippen molar-refractivity contribution in [3.63, 3.8) is 0 Å². The zero-order valence-corrected chi connectivity index (χ0v) is 18.6. The number of carbonyl (C=O) groups is 1. The normalized spacial score (nSPS) is 10.9. The molecule has 3 nitrogen and oxygen atoms in total. The summed E-state index contributed by atoms with van der Waals surface area (Å²) in [6, 6.07) is 17.8. The predicted molar refractivity (Wildman–Crippen MR) is 121 cm³/mol. The zero-order chi connectivity index (χ0) is 20.8. The highest BCUT2D eigenvalue weighted by molar-refractivity contribution is 9.10. The molecule has 0 spiro atoms. The molecule has 0 amide bonds. The Morgan fingerprint density at radius 1 is 0.966 bits per heavy atom. The van der Waals surface area contributed by atoms with E-state index in [9.17, 15) is 4.79 Å². The van der Waals surface area contributed by atoms with Crippen LogP contribution in [0.2, 0.25) is 10.0 Å². The van der Waals surface area contributed by atoms with E-state index in [0.717, 1.165) is 15.6 Å². The first-order chi connectivity index (χ1) is 14.0. The third kappa shape index (κ3) is 5.86. The summed E-state index contributed by atoms with van der Waals surface area (Å²) in [5.74, 6) is 1.28. The molecule has 0 unspecified atom stereocenters. The topological polar surface area (TPSA) is 35.5 Å². The minimum Gasteiger partial charge on any atom is -0.496 e. The van der Waals surface area contributed by atoms with E-state index in [2.05, 4.69) is 15.9 Å². The van der Waals surface area contributed by atoms with Crippen LogP contribution in [-0.4, -0.2) is 12.9 Å². The van der Waals surface area contributed by atoms with Gasteiger partial charge in [-0.1, -0.05) is 35.3 Å². The summed E-state index contributed by atoms with van der Waals surface area (Å²) in [6.45, 7) is 0.302. The standard InChI is InChI=1S/C23H17BrCl2O3/c1-28-22-10-3-15(2-9-21(27)16-4-6-18(25)7-5-16)12-17(22)14-29-23-11-8-19(26)13-20(23)24/h2-13H,14H2,1H3/b9-2+. The van der Waals surface area contributed by atoms with Crippen LogP contribution in [0.25, 0.3) is 6.08 Å². The van der Waals surface area contributed by atoms with E-state index in [1.54, 1.807) is 55.7 Å². The van der Waals surface area contributed by atoms with E-state index in [-0.39, 0.29) is 5.78 Å². The molecule has 0 saturated carbocycles. The molecule has 3 rings (SSSR count). The van der Waals surface area contributed by atoms with Crippen molar-refractivity contribution in [2.45, 2.75) is 6.61 Å². The summed E-state index contributed by atoms with van der Waals surface area (Å²) in [7, 11) is 1.61. The second kappa shape index (κ2) is 9.97. The van der Waals surface area contributed by atoms with Gasteiger partial charge in [0.25, 0.3) is 0 Å². The first-order valence-electron chi connectivity index (χ1n) is 8.69. The van der Waals surface area contributed by atoms with Gasteiger partial charge in [0.15, 0.2) is 5.78 Å². The fourth-order valence-electron chi connectivity index (χ4n) is 2.65. The molecule has 0 aliphatic heterocycles. The molecule has 0 saturated heterocycles. The Hall–Kier alpha value is -2.27. The number of halogens is 3. The minimum absolute atomic E-state index is 0.0969. The lowest BCUT2D eigenvalue weighted by Gasteiger charge is -2.12. The molecule has 3 aromatic rings. The third-order valence-electron chi connectivity index (χ3n) is 4.14. The summed E-state index contributed by atoms with van der Waals surface area (Å²) in [6.07, 6.45) is 3.30. The molecule has 6 heteroatoms. The second-order valence-corrected chi connectivity index (χ2v) is 7.87. The van der Waals surface area contributed by atoms with Crippen molar-refractivity contribution in [3.8, 4) is 11.5 Å². The van der Waals surface area contributed by atoms with Crippen molar-refractivity contribution in [2.24, 2.45) is 0 Å². The van der Waals surface area contributed by atoms with Crippen LogP contribution >= 0.6 is 39.1 Å². The van der Waals surface area contributed by atoms with Crippen molar-refractivity contribution in [2.75, 3.05) is 7.11 Å². The molecule has 0 aliphatic rings. The summed E-state index contributed by atoms with van der Waals surface area (Å²) in [4.78, 5) is 12.3. The Morgan fingerprint density at radius 3 is 2.34 bits per heavy atom. The summed E-state index contributed by atoms with van der Waals surface area (Å²) in [5.41, 5.74) is 2.30. The zero-order valence-electron chi connectivity index (χ0n) is 15.5. The van der Waals surface area contributed by atoms with Crippen LogP contribution in [-0.2, 0) is 6.61 Å². The van der Waals surface area contributed by atoms with Gasteiger partial charge in [0, 0.05) is 21.2 Å². The van der Waals surface area contributed by atoms with Gasteiger partial charge in [0.2, 0.25) is 0 Å². The summed E-state index contributed by atoms with van der Waals surface area (Å²) < 4.78 is 12.1. The highest BCUT2D eigenvalue weighted by atomic mass is 79.9. The first kappa shape index (κ1) is 21.4. The molecule has 0 radical (unpaired) electrons. The van der Waals surface area contributed by atoms with E-state index in [0.29, 0.717) is 33.7 Å². The smallest absolute Gasteiger partial charge is 0.185 e. The van der Waals surface area contributed by atoms with Gasteiger partial charge in [0.1, 0.15) is 18.1 Å². The molecule has 0 fully saturated rings. The first-order valence-corrected chi connectivity index (χ1v) is 10.2. The molecule has 148 valence electrons. The molecular formula is C23H17BrCl2O3. The van der Waals surface area contributed by atoms with Crippen LogP contribution in [0.1, 0.15) is 21.5 Å².